The van der Waals surface area contributed by atoms with Crippen molar-refractivity contribution in [2.75, 3.05) is 47.5 Å². The number of phosphoric ester groups is 1. The zero-order valence-electron chi connectivity index (χ0n) is 65.6. The van der Waals surface area contributed by atoms with Gasteiger partial charge in [-0.25, -0.2) is 0 Å². The Morgan fingerprint density at radius 1 is 0.330 bits per heavy atom. The Balaban J connectivity index is 3.86. The topological polar surface area (TPSA) is 111 Å². The van der Waals surface area contributed by atoms with Gasteiger partial charge in [-0.05, 0) is 51.4 Å². The van der Waals surface area contributed by atoms with Crippen molar-refractivity contribution in [3.8, 4) is 0 Å². The van der Waals surface area contributed by atoms with Crippen LogP contribution in [0.5, 0.6) is 0 Å². The van der Waals surface area contributed by atoms with Gasteiger partial charge in [0.2, 0.25) is 0 Å². The van der Waals surface area contributed by atoms with Gasteiger partial charge in [0.15, 0.2) is 6.10 Å². The van der Waals surface area contributed by atoms with Crippen molar-refractivity contribution in [1.29, 1.82) is 0 Å². The summed E-state index contributed by atoms with van der Waals surface area (Å²) in [4.78, 5) is 38.2. The molecule has 0 aromatic heterocycles. The molecular formula is C87H166NO8P. The lowest BCUT2D eigenvalue weighted by atomic mass is 10.0. The van der Waals surface area contributed by atoms with Crippen LogP contribution in [0.15, 0.2) is 48.6 Å². The number of hydrogen-bond acceptors (Lipinski definition) is 8. The van der Waals surface area contributed by atoms with E-state index < -0.39 is 26.5 Å². The van der Waals surface area contributed by atoms with E-state index in [1.165, 1.54) is 353 Å². The number of hydrogen-bond donors (Lipinski definition) is 0. The second-order valence-electron chi connectivity index (χ2n) is 30.5. The maximum absolute atomic E-state index is 12.9. The van der Waals surface area contributed by atoms with Crippen LogP contribution >= 0.6 is 7.82 Å². The fourth-order valence-electron chi connectivity index (χ4n) is 13.1. The summed E-state index contributed by atoms with van der Waals surface area (Å²) in [7, 11) is 1.19. The number of rotatable bonds is 81. The van der Waals surface area contributed by atoms with Gasteiger partial charge in [0.25, 0.3) is 7.82 Å². The first kappa shape index (κ1) is 95.0. The van der Waals surface area contributed by atoms with Gasteiger partial charge >= 0.3 is 11.9 Å². The summed E-state index contributed by atoms with van der Waals surface area (Å²) < 4.78 is 34.5. The maximum atomic E-state index is 12.9. The van der Waals surface area contributed by atoms with Gasteiger partial charge in [-0.15, -0.1) is 0 Å². The van der Waals surface area contributed by atoms with E-state index in [9.17, 15) is 19.0 Å². The fourth-order valence-corrected chi connectivity index (χ4v) is 13.9. The fraction of sp³-hybridized carbons (Fsp3) is 0.885. The number of nitrogens with zero attached hydrogens (tertiary/aromatic N) is 1. The van der Waals surface area contributed by atoms with Gasteiger partial charge in [-0.2, -0.15) is 0 Å². The highest BCUT2D eigenvalue weighted by molar-refractivity contribution is 7.45. The molecule has 0 aliphatic rings. The van der Waals surface area contributed by atoms with Crippen LogP contribution in [0.1, 0.15) is 444 Å². The van der Waals surface area contributed by atoms with E-state index in [1.54, 1.807) is 0 Å². The number of quaternary nitrogens is 1. The highest BCUT2D eigenvalue weighted by atomic mass is 31.2. The molecule has 572 valence electrons. The van der Waals surface area contributed by atoms with Crippen molar-refractivity contribution in [3.63, 3.8) is 0 Å². The lowest BCUT2D eigenvalue weighted by Crippen LogP contribution is -2.37. The number of phosphoric acid groups is 1. The summed E-state index contributed by atoms with van der Waals surface area (Å²) in [6.45, 7) is 4.22. The Morgan fingerprint density at radius 2 is 0.588 bits per heavy atom. The van der Waals surface area contributed by atoms with Crippen LogP contribution in [-0.4, -0.2) is 70.0 Å². The zero-order chi connectivity index (χ0) is 70.4. The third-order valence-corrected chi connectivity index (χ3v) is 20.6. The summed E-state index contributed by atoms with van der Waals surface area (Å²) >= 11 is 0. The van der Waals surface area contributed by atoms with E-state index in [2.05, 4.69) is 62.5 Å². The van der Waals surface area contributed by atoms with E-state index in [0.717, 1.165) is 57.8 Å². The molecule has 0 aliphatic carbocycles. The molecule has 0 aromatic carbocycles. The summed E-state index contributed by atoms with van der Waals surface area (Å²) in [6, 6.07) is 0. The van der Waals surface area contributed by atoms with Gasteiger partial charge in [0.1, 0.15) is 19.8 Å². The van der Waals surface area contributed by atoms with Crippen molar-refractivity contribution in [2.45, 2.75) is 450 Å². The second-order valence-corrected chi connectivity index (χ2v) is 31.9. The highest BCUT2D eigenvalue weighted by Gasteiger charge is 2.22. The summed E-state index contributed by atoms with van der Waals surface area (Å²) in [5, 5.41) is 0. The molecule has 0 heterocycles. The molecule has 0 saturated heterocycles. The minimum absolute atomic E-state index is 0.0274. The first-order chi connectivity index (χ1) is 47.5. The van der Waals surface area contributed by atoms with E-state index in [0.29, 0.717) is 17.4 Å². The molecule has 2 unspecified atom stereocenters. The zero-order valence-corrected chi connectivity index (χ0v) is 66.5. The lowest BCUT2D eigenvalue weighted by Gasteiger charge is -2.28. The van der Waals surface area contributed by atoms with Gasteiger partial charge in [-0.1, -0.05) is 428 Å². The van der Waals surface area contributed by atoms with E-state index in [1.807, 2.05) is 21.1 Å². The van der Waals surface area contributed by atoms with E-state index >= 15 is 0 Å². The van der Waals surface area contributed by atoms with E-state index in [4.69, 9.17) is 18.5 Å². The average Bonchev–Trinajstić information content (AvgIpc) is 1.69. The van der Waals surface area contributed by atoms with Crippen LogP contribution in [0.2, 0.25) is 0 Å². The number of likely N-dealkylation sites (N-methyl/N-ethyl adjacent to an activating group) is 1. The average molecular weight is 1390 g/mol. The van der Waals surface area contributed by atoms with Crippen LogP contribution in [0.4, 0.5) is 0 Å². The summed E-state index contributed by atoms with van der Waals surface area (Å²) in [5.74, 6) is -0.806. The number of unbranched alkanes of at least 4 members (excludes halogenated alkanes) is 59. The van der Waals surface area contributed by atoms with Crippen LogP contribution < -0.4 is 4.89 Å². The van der Waals surface area contributed by atoms with Gasteiger partial charge < -0.3 is 27.9 Å². The Bertz CT molecular complexity index is 1770. The molecule has 2 atom stereocenters. The Labute approximate surface area is 604 Å². The molecule has 0 radical (unpaired) electrons. The van der Waals surface area contributed by atoms with E-state index in [-0.39, 0.29) is 32.0 Å². The van der Waals surface area contributed by atoms with Gasteiger partial charge in [0.05, 0.1) is 27.7 Å². The molecule has 0 saturated carbocycles. The summed E-state index contributed by atoms with van der Waals surface area (Å²) in [5.41, 5.74) is 0. The van der Waals surface area contributed by atoms with Crippen molar-refractivity contribution in [3.05, 3.63) is 48.6 Å². The van der Waals surface area contributed by atoms with Crippen LogP contribution in [0.3, 0.4) is 0 Å². The highest BCUT2D eigenvalue weighted by Crippen LogP contribution is 2.38. The molecular weight excluding hydrogens is 1220 g/mol. The quantitative estimate of drug-likeness (QED) is 0.0195. The molecule has 10 heteroatoms. The Hall–Kier alpha value is -2.03. The van der Waals surface area contributed by atoms with Crippen molar-refractivity contribution >= 4 is 19.8 Å². The first-order valence-electron chi connectivity index (χ1n) is 42.8. The molecule has 0 aromatic rings. The predicted molar refractivity (Wildman–Crippen MR) is 420 cm³/mol. The molecule has 0 rings (SSSR count). The Morgan fingerprint density at radius 3 is 0.876 bits per heavy atom. The molecule has 0 fully saturated rings. The molecule has 9 nitrogen and oxygen atoms in total. The van der Waals surface area contributed by atoms with Crippen molar-refractivity contribution in [1.82, 2.24) is 0 Å². The molecule has 97 heavy (non-hydrogen) atoms. The standard InChI is InChI=1S/C87H166NO8P/c1-6-8-10-12-14-16-18-20-22-24-26-28-30-32-34-36-38-40-42-43-44-46-47-49-51-53-55-57-59-61-63-65-67-69-71-73-75-77-79-86(89)93-83-85(84-95-97(91,92)94-82-81-88(3,4)5)96-87(90)80-78-76-74-72-70-68-66-64-62-60-58-56-54-52-50-48-45-41-39-37-35-33-31-29-27-25-23-21-19-17-15-13-11-9-7-2/h9,11,15,17,21,23,27,29,85H,6-8,10,12-14,16,18-20,22,24-26,28,30-84H2,1-5H3/b11-9-,17-15-,23-21-,29-27-. The number of esters is 2. The monoisotopic (exact) mass is 1380 g/mol. The largest absolute Gasteiger partial charge is 0.756 e. The molecule has 0 N–H and O–H groups in total. The number of ether oxygens (including phenoxy) is 2. The Kier molecular flexibility index (Phi) is 76.5. The van der Waals surface area contributed by atoms with Crippen LogP contribution in [-0.2, 0) is 32.7 Å². The minimum atomic E-state index is -4.64. The maximum Gasteiger partial charge on any atom is 0.306 e. The van der Waals surface area contributed by atoms with Crippen molar-refractivity contribution in [2.24, 2.45) is 0 Å². The number of carbonyl (C=O) groups is 2. The molecule has 0 aliphatic heterocycles. The smallest absolute Gasteiger partial charge is 0.306 e. The number of carbonyl (C=O) groups excluding carboxylic acids is 2. The lowest BCUT2D eigenvalue weighted by molar-refractivity contribution is -0.870. The summed E-state index contributed by atoms with van der Waals surface area (Å²) in [6.07, 6.45) is 104. The molecule has 0 amide bonds. The van der Waals surface area contributed by atoms with Crippen LogP contribution in [0, 0.1) is 0 Å². The van der Waals surface area contributed by atoms with Gasteiger partial charge in [0, 0.05) is 12.8 Å². The predicted octanol–water partition coefficient (Wildman–Crippen LogP) is 28.1. The molecule has 0 spiro atoms. The second kappa shape index (κ2) is 78.1. The minimum Gasteiger partial charge on any atom is -0.756 e. The molecule has 0 bridgehead atoms. The SMILES string of the molecule is CC/C=C\C/C=C\C/C=C\C/C=C\CCCCCCCCCCCCCCCCCCCCCCCCC(=O)OC(COC(=O)CCCCCCCCCCCCCCCCCCCCCCCCCCCCCCCCCCCCCCCC)COP(=O)([O-])OCC[N+](C)(C)C. The third-order valence-electron chi connectivity index (χ3n) is 19.6. The third kappa shape index (κ3) is 82.8. The first-order valence-corrected chi connectivity index (χ1v) is 44.3. The van der Waals surface area contributed by atoms with Crippen molar-refractivity contribution < 1.29 is 42.1 Å². The van der Waals surface area contributed by atoms with Crippen LogP contribution in [0.25, 0.3) is 0 Å². The normalized spacial score (nSPS) is 13.2. The van der Waals surface area contributed by atoms with Gasteiger partial charge in [-0.3, -0.25) is 14.2 Å². The number of allylic oxidation sites excluding steroid dienone is 8.